The van der Waals surface area contributed by atoms with E-state index in [2.05, 4.69) is 4.98 Å². The Bertz CT molecular complexity index is 746. The molecule has 0 saturated carbocycles. The van der Waals surface area contributed by atoms with E-state index in [1.54, 1.807) is 30.5 Å². The van der Waals surface area contributed by atoms with Gasteiger partial charge >= 0.3 is 0 Å². The van der Waals surface area contributed by atoms with Gasteiger partial charge in [-0.25, -0.2) is 4.98 Å². The Morgan fingerprint density at radius 2 is 1.32 bits per heavy atom. The Kier molecular flexibility index (Phi) is 3.66. The van der Waals surface area contributed by atoms with Crippen LogP contribution in [0.1, 0.15) is 20.7 Å². The highest BCUT2D eigenvalue weighted by Gasteiger charge is 2.10. The number of carbonyl (C=O) groups excluding carboxylic acids is 2. The maximum absolute atomic E-state index is 10.7. The lowest BCUT2D eigenvalue weighted by Gasteiger charge is -2.06. The smallest absolute Gasteiger partial charge is 0.150 e. The highest BCUT2D eigenvalue weighted by molar-refractivity contribution is 5.78. The van der Waals surface area contributed by atoms with Crippen molar-refractivity contribution in [2.45, 2.75) is 0 Å². The zero-order valence-corrected chi connectivity index (χ0v) is 12.1. The van der Waals surface area contributed by atoms with Crippen LogP contribution in [0, 0.1) is 0 Å². The number of benzene rings is 2. The van der Waals surface area contributed by atoms with Gasteiger partial charge in [0.2, 0.25) is 0 Å². The van der Waals surface area contributed by atoms with Crippen molar-refractivity contribution in [2.75, 3.05) is 0 Å². The molecular formula is C18H14N2O2. The van der Waals surface area contributed by atoms with E-state index in [-0.39, 0.29) is 0 Å². The van der Waals surface area contributed by atoms with Crippen LogP contribution in [0.15, 0.2) is 54.7 Å². The summed E-state index contributed by atoms with van der Waals surface area (Å²) in [5.41, 5.74) is 4.20. The number of aromatic nitrogens is 2. The molecule has 0 atom stereocenters. The molecule has 3 aromatic rings. The minimum absolute atomic E-state index is 0.641. The first-order valence-electron chi connectivity index (χ1n) is 6.86. The van der Waals surface area contributed by atoms with Gasteiger partial charge in [-0.2, -0.15) is 0 Å². The van der Waals surface area contributed by atoms with Gasteiger partial charge in [-0.3, -0.25) is 9.59 Å². The van der Waals surface area contributed by atoms with Gasteiger partial charge in [0.1, 0.15) is 18.4 Å². The van der Waals surface area contributed by atoms with Crippen molar-refractivity contribution in [1.82, 2.24) is 9.55 Å². The van der Waals surface area contributed by atoms with Gasteiger partial charge in [0, 0.05) is 23.7 Å². The van der Waals surface area contributed by atoms with E-state index in [4.69, 9.17) is 0 Å². The molecule has 0 saturated heterocycles. The van der Waals surface area contributed by atoms with Crippen LogP contribution in [0.25, 0.3) is 22.6 Å². The van der Waals surface area contributed by atoms with E-state index in [1.807, 2.05) is 35.9 Å². The molecule has 0 N–H and O–H groups in total. The molecular weight excluding hydrogens is 276 g/mol. The van der Waals surface area contributed by atoms with Crippen LogP contribution in [0.2, 0.25) is 0 Å². The fraction of sp³-hybridized carbons (Fsp3) is 0.0556. The Hall–Kier alpha value is -3.01. The number of imidazole rings is 1. The van der Waals surface area contributed by atoms with E-state index in [0.29, 0.717) is 11.1 Å². The summed E-state index contributed by atoms with van der Waals surface area (Å²) in [6, 6.07) is 14.7. The number of hydrogen-bond donors (Lipinski definition) is 0. The predicted octanol–water partition coefficient (Wildman–Crippen LogP) is 3.38. The van der Waals surface area contributed by atoms with E-state index < -0.39 is 0 Å². The van der Waals surface area contributed by atoms with Gasteiger partial charge in [0.25, 0.3) is 0 Å². The Balaban J connectivity index is 1.99. The highest BCUT2D eigenvalue weighted by Crippen LogP contribution is 2.25. The third-order valence-corrected chi connectivity index (χ3v) is 3.64. The molecule has 2 aromatic carbocycles. The number of carbonyl (C=O) groups is 2. The largest absolute Gasteiger partial charge is 0.327 e. The van der Waals surface area contributed by atoms with Crippen molar-refractivity contribution >= 4 is 12.6 Å². The van der Waals surface area contributed by atoms with Crippen LogP contribution in [-0.2, 0) is 7.05 Å². The van der Waals surface area contributed by atoms with Crippen LogP contribution in [0.4, 0.5) is 0 Å². The number of rotatable bonds is 4. The quantitative estimate of drug-likeness (QED) is 0.692. The highest BCUT2D eigenvalue weighted by atomic mass is 16.1. The van der Waals surface area contributed by atoms with E-state index in [9.17, 15) is 9.59 Å². The average molecular weight is 290 g/mol. The summed E-state index contributed by atoms with van der Waals surface area (Å²) in [4.78, 5) is 25.9. The molecule has 22 heavy (non-hydrogen) atoms. The van der Waals surface area contributed by atoms with E-state index in [1.165, 1.54) is 0 Å². The van der Waals surface area contributed by atoms with Crippen LogP contribution in [0.5, 0.6) is 0 Å². The van der Waals surface area contributed by atoms with Gasteiger partial charge in [-0.05, 0) is 5.56 Å². The molecule has 0 bridgehead atoms. The lowest BCUT2D eigenvalue weighted by atomic mass is 10.1. The van der Waals surface area contributed by atoms with Gasteiger partial charge in [0.15, 0.2) is 0 Å². The number of hydrogen-bond acceptors (Lipinski definition) is 3. The van der Waals surface area contributed by atoms with Crippen molar-refractivity contribution < 1.29 is 9.59 Å². The molecule has 0 radical (unpaired) electrons. The van der Waals surface area contributed by atoms with E-state index >= 15 is 0 Å². The summed E-state index contributed by atoms with van der Waals surface area (Å²) < 4.78 is 1.99. The molecule has 1 aromatic heterocycles. The Morgan fingerprint density at radius 3 is 1.82 bits per heavy atom. The van der Waals surface area contributed by atoms with Crippen molar-refractivity contribution in [3.63, 3.8) is 0 Å². The minimum atomic E-state index is 0.641. The van der Waals surface area contributed by atoms with Gasteiger partial charge < -0.3 is 4.57 Å². The van der Waals surface area contributed by atoms with Crippen molar-refractivity contribution in [1.29, 1.82) is 0 Å². The minimum Gasteiger partial charge on any atom is -0.327 e. The van der Waals surface area contributed by atoms with Crippen molar-refractivity contribution in [3.8, 4) is 22.6 Å². The maximum atomic E-state index is 10.7. The lowest BCUT2D eigenvalue weighted by molar-refractivity contribution is 0.111. The van der Waals surface area contributed by atoms with Crippen LogP contribution in [-0.4, -0.2) is 22.1 Å². The van der Waals surface area contributed by atoms with Crippen molar-refractivity contribution in [2.24, 2.45) is 7.05 Å². The molecule has 3 rings (SSSR count). The van der Waals surface area contributed by atoms with Gasteiger partial charge in [-0.15, -0.1) is 0 Å². The number of nitrogens with zero attached hydrogens (tertiary/aromatic N) is 2. The fourth-order valence-corrected chi connectivity index (χ4v) is 2.39. The summed E-state index contributed by atoms with van der Waals surface area (Å²) in [7, 11) is 1.94. The third-order valence-electron chi connectivity index (χ3n) is 3.64. The molecule has 0 amide bonds. The van der Waals surface area contributed by atoms with Gasteiger partial charge in [0.05, 0.1) is 11.9 Å². The molecule has 108 valence electrons. The molecule has 0 aliphatic carbocycles. The first-order valence-corrected chi connectivity index (χ1v) is 6.86. The second-order valence-electron chi connectivity index (χ2n) is 5.01. The molecule has 0 spiro atoms. The monoisotopic (exact) mass is 290 g/mol. The van der Waals surface area contributed by atoms with Crippen LogP contribution >= 0.6 is 0 Å². The first-order chi connectivity index (χ1) is 10.7. The molecule has 0 aliphatic heterocycles. The van der Waals surface area contributed by atoms with Gasteiger partial charge in [-0.1, -0.05) is 48.5 Å². The molecule has 4 heteroatoms. The standard InChI is InChI=1S/C18H14N2O2/c1-20-17(15-6-2-13(11-21)3-7-15)10-19-18(20)16-8-4-14(12-22)5-9-16/h2-12H,1H3. The summed E-state index contributed by atoms with van der Waals surface area (Å²) in [6.45, 7) is 0. The van der Waals surface area contributed by atoms with Crippen LogP contribution in [0.3, 0.4) is 0 Å². The topological polar surface area (TPSA) is 52.0 Å². The molecule has 0 aliphatic rings. The summed E-state index contributed by atoms with van der Waals surface area (Å²) >= 11 is 0. The normalized spacial score (nSPS) is 10.4. The van der Waals surface area contributed by atoms with Crippen molar-refractivity contribution in [3.05, 3.63) is 65.9 Å². The maximum Gasteiger partial charge on any atom is 0.150 e. The summed E-state index contributed by atoms with van der Waals surface area (Å²) in [5.74, 6) is 0.826. The molecule has 0 unspecified atom stereocenters. The Morgan fingerprint density at radius 1 is 0.818 bits per heavy atom. The SMILES string of the molecule is Cn1c(-c2ccc(C=O)cc2)cnc1-c1ccc(C=O)cc1. The average Bonchev–Trinajstić information content (AvgIpc) is 2.96. The van der Waals surface area contributed by atoms with E-state index in [0.717, 1.165) is 35.2 Å². The summed E-state index contributed by atoms with van der Waals surface area (Å²) in [6.07, 6.45) is 3.45. The number of aldehydes is 2. The third kappa shape index (κ3) is 2.46. The first kappa shape index (κ1) is 13.9. The molecule has 1 heterocycles. The van der Waals surface area contributed by atoms with Crippen LogP contribution < -0.4 is 0 Å². The zero-order chi connectivity index (χ0) is 15.5. The Labute approximate surface area is 128 Å². The molecule has 4 nitrogen and oxygen atoms in total. The lowest BCUT2D eigenvalue weighted by Crippen LogP contribution is -1.95. The molecule has 0 fully saturated rings. The second-order valence-corrected chi connectivity index (χ2v) is 5.01. The fourth-order valence-electron chi connectivity index (χ4n) is 2.39. The zero-order valence-electron chi connectivity index (χ0n) is 12.1. The predicted molar refractivity (Wildman–Crippen MR) is 84.9 cm³/mol. The summed E-state index contributed by atoms with van der Waals surface area (Å²) in [5, 5.41) is 0. The second kappa shape index (κ2) is 5.77.